The zero-order valence-electron chi connectivity index (χ0n) is 13.3. The Morgan fingerprint density at radius 1 is 1.26 bits per heavy atom. The highest BCUT2D eigenvalue weighted by Crippen LogP contribution is 2.12. The maximum absolute atomic E-state index is 11.9. The highest BCUT2D eigenvalue weighted by molar-refractivity contribution is 5.94. The van der Waals surface area contributed by atoms with E-state index >= 15 is 0 Å². The van der Waals surface area contributed by atoms with Crippen molar-refractivity contribution < 1.29 is 19.1 Å². The zero-order valence-corrected chi connectivity index (χ0v) is 13.3. The number of benzene rings is 1. The molecule has 0 spiro atoms. The van der Waals surface area contributed by atoms with Gasteiger partial charge in [-0.25, -0.2) is 4.79 Å². The summed E-state index contributed by atoms with van der Waals surface area (Å²) in [6, 6.07) is 6.65. The zero-order chi connectivity index (χ0) is 16.5. The van der Waals surface area contributed by atoms with Crippen molar-refractivity contribution >= 4 is 11.9 Å². The summed E-state index contributed by atoms with van der Waals surface area (Å²) >= 11 is 0. The van der Waals surface area contributed by atoms with Crippen LogP contribution in [0.1, 0.15) is 23.2 Å². The molecule has 1 atom stereocenters. The molecule has 0 aliphatic carbocycles. The van der Waals surface area contributed by atoms with E-state index in [-0.39, 0.29) is 18.0 Å². The van der Waals surface area contributed by atoms with Crippen LogP contribution in [0, 0.1) is 0 Å². The highest BCUT2D eigenvalue weighted by atomic mass is 16.5. The highest BCUT2D eigenvalue weighted by Gasteiger charge is 2.15. The Labute approximate surface area is 135 Å². The third-order valence-electron chi connectivity index (χ3n) is 3.54. The first-order chi connectivity index (χ1) is 11.2. The lowest BCUT2D eigenvalue weighted by Crippen LogP contribution is -2.42. The summed E-state index contributed by atoms with van der Waals surface area (Å²) in [4.78, 5) is 23.5. The molecule has 1 aromatic rings. The number of ether oxygens (including phenoxy) is 2. The van der Waals surface area contributed by atoms with Gasteiger partial charge >= 0.3 is 6.03 Å². The summed E-state index contributed by atoms with van der Waals surface area (Å²) < 4.78 is 10.5. The smallest absolute Gasteiger partial charge is 0.314 e. The molecule has 1 saturated heterocycles. The van der Waals surface area contributed by atoms with Gasteiger partial charge in [-0.1, -0.05) is 6.07 Å². The lowest BCUT2D eigenvalue weighted by Gasteiger charge is -2.12. The quantitative estimate of drug-likeness (QED) is 0.651. The molecule has 1 aliphatic heterocycles. The van der Waals surface area contributed by atoms with Gasteiger partial charge in [0.05, 0.1) is 13.2 Å². The molecule has 126 valence electrons. The molecule has 0 saturated carbocycles. The van der Waals surface area contributed by atoms with Crippen LogP contribution in [0.2, 0.25) is 0 Å². The SMILES string of the molecule is COc1cccc(C(=O)NCCNC(=O)NCC2CCCO2)c1. The van der Waals surface area contributed by atoms with Crippen LogP contribution in [-0.4, -0.2) is 51.4 Å². The third-order valence-corrected chi connectivity index (χ3v) is 3.54. The molecule has 1 heterocycles. The molecule has 7 heteroatoms. The van der Waals surface area contributed by atoms with Gasteiger partial charge in [-0.3, -0.25) is 4.79 Å². The van der Waals surface area contributed by atoms with Gasteiger partial charge in [0.25, 0.3) is 5.91 Å². The van der Waals surface area contributed by atoms with Gasteiger partial charge in [-0.05, 0) is 31.0 Å². The van der Waals surface area contributed by atoms with Crippen molar-refractivity contribution in [3.8, 4) is 5.75 Å². The number of carbonyl (C=O) groups excluding carboxylic acids is 2. The van der Waals surface area contributed by atoms with E-state index in [1.807, 2.05) is 0 Å². The molecule has 0 aromatic heterocycles. The van der Waals surface area contributed by atoms with E-state index in [9.17, 15) is 9.59 Å². The molecular formula is C16H23N3O4. The van der Waals surface area contributed by atoms with Crippen LogP contribution >= 0.6 is 0 Å². The van der Waals surface area contributed by atoms with E-state index in [1.54, 1.807) is 31.4 Å². The fraction of sp³-hybridized carbons (Fsp3) is 0.500. The van der Waals surface area contributed by atoms with Crippen molar-refractivity contribution in [1.29, 1.82) is 0 Å². The minimum atomic E-state index is -0.254. The third kappa shape index (κ3) is 5.78. The van der Waals surface area contributed by atoms with Gasteiger partial charge in [-0.2, -0.15) is 0 Å². The number of hydrogen-bond donors (Lipinski definition) is 3. The van der Waals surface area contributed by atoms with Crippen LogP contribution in [0.4, 0.5) is 4.79 Å². The van der Waals surface area contributed by atoms with Crippen molar-refractivity contribution in [2.24, 2.45) is 0 Å². The second-order valence-corrected chi connectivity index (χ2v) is 5.26. The first-order valence-corrected chi connectivity index (χ1v) is 7.74. The molecular weight excluding hydrogens is 298 g/mol. The summed E-state index contributed by atoms with van der Waals surface area (Å²) in [6.07, 6.45) is 2.15. The second kappa shape index (κ2) is 8.99. The standard InChI is InChI=1S/C16H23N3O4/c1-22-13-5-2-4-12(10-13)15(20)17-7-8-18-16(21)19-11-14-6-3-9-23-14/h2,4-5,10,14H,3,6-9,11H2,1H3,(H,17,20)(H2,18,19,21). The Kier molecular flexibility index (Phi) is 6.68. The minimum absolute atomic E-state index is 0.119. The minimum Gasteiger partial charge on any atom is -0.497 e. The van der Waals surface area contributed by atoms with Crippen LogP contribution in [0.15, 0.2) is 24.3 Å². The molecule has 0 bridgehead atoms. The van der Waals surface area contributed by atoms with Crippen LogP contribution < -0.4 is 20.7 Å². The van der Waals surface area contributed by atoms with Crippen molar-refractivity contribution in [3.63, 3.8) is 0 Å². The second-order valence-electron chi connectivity index (χ2n) is 5.26. The molecule has 1 fully saturated rings. The van der Waals surface area contributed by atoms with E-state index in [1.165, 1.54) is 0 Å². The molecule has 1 unspecified atom stereocenters. The summed E-state index contributed by atoms with van der Waals surface area (Å²) in [5.74, 6) is 0.426. The fourth-order valence-corrected chi connectivity index (χ4v) is 2.29. The Morgan fingerprint density at radius 3 is 2.83 bits per heavy atom. The number of rotatable bonds is 7. The first-order valence-electron chi connectivity index (χ1n) is 7.74. The van der Waals surface area contributed by atoms with Gasteiger partial charge in [0.15, 0.2) is 0 Å². The first kappa shape index (κ1) is 17.1. The molecule has 7 nitrogen and oxygen atoms in total. The predicted molar refractivity (Wildman–Crippen MR) is 85.7 cm³/mol. The monoisotopic (exact) mass is 321 g/mol. The number of hydrogen-bond acceptors (Lipinski definition) is 4. The van der Waals surface area contributed by atoms with Crippen LogP contribution in [-0.2, 0) is 4.74 Å². The Balaban J connectivity index is 1.60. The normalized spacial score (nSPS) is 16.7. The van der Waals surface area contributed by atoms with E-state index in [2.05, 4.69) is 16.0 Å². The van der Waals surface area contributed by atoms with E-state index in [0.29, 0.717) is 30.9 Å². The van der Waals surface area contributed by atoms with Crippen molar-refractivity contribution in [3.05, 3.63) is 29.8 Å². The topological polar surface area (TPSA) is 88.7 Å². The van der Waals surface area contributed by atoms with Gasteiger partial charge in [0.2, 0.25) is 0 Å². The predicted octanol–water partition coefficient (Wildman–Crippen LogP) is 0.903. The molecule has 1 aromatic carbocycles. The van der Waals surface area contributed by atoms with Gasteiger partial charge in [-0.15, -0.1) is 0 Å². The number of amides is 3. The maximum atomic E-state index is 11.9. The van der Waals surface area contributed by atoms with E-state index in [0.717, 1.165) is 19.4 Å². The Hall–Kier alpha value is -2.28. The molecule has 3 amide bonds. The average molecular weight is 321 g/mol. The van der Waals surface area contributed by atoms with Gasteiger partial charge in [0, 0.05) is 31.8 Å². The fourth-order valence-electron chi connectivity index (χ4n) is 2.29. The van der Waals surface area contributed by atoms with Crippen molar-refractivity contribution in [2.45, 2.75) is 18.9 Å². The van der Waals surface area contributed by atoms with Crippen molar-refractivity contribution in [1.82, 2.24) is 16.0 Å². The lowest BCUT2D eigenvalue weighted by atomic mass is 10.2. The number of urea groups is 1. The van der Waals surface area contributed by atoms with Crippen LogP contribution in [0.3, 0.4) is 0 Å². The van der Waals surface area contributed by atoms with Crippen LogP contribution in [0.25, 0.3) is 0 Å². The summed E-state index contributed by atoms with van der Waals surface area (Å²) in [5, 5.41) is 8.19. The number of carbonyl (C=O) groups is 2. The number of nitrogens with one attached hydrogen (secondary N) is 3. The summed E-state index contributed by atoms with van der Waals surface area (Å²) in [6.45, 7) is 1.99. The molecule has 3 N–H and O–H groups in total. The maximum Gasteiger partial charge on any atom is 0.314 e. The molecule has 23 heavy (non-hydrogen) atoms. The van der Waals surface area contributed by atoms with Gasteiger partial charge in [0.1, 0.15) is 5.75 Å². The molecule has 0 radical (unpaired) electrons. The Bertz CT molecular complexity index is 530. The van der Waals surface area contributed by atoms with Crippen LogP contribution in [0.5, 0.6) is 5.75 Å². The molecule has 1 aliphatic rings. The summed E-state index contributed by atoms with van der Waals surface area (Å²) in [5.41, 5.74) is 0.521. The average Bonchev–Trinajstić information content (AvgIpc) is 3.10. The van der Waals surface area contributed by atoms with Gasteiger partial charge < -0.3 is 25.4 Å². The Morgan fingerprint density at radius 2 is 2.09 bits per heavy atom. The largest absolute Gasteiger partial charge is 0.497 e. The van der Waals surface area contributed by atoms with E-state index < -0.39 is 0 Å². The van der Waals surface area contributed by atoms with Crippen molar-refractivity contribution in [2.75, 3.05) is 33.4 Å². The number of methoxy groups -OCH3 is 1. The van der Waals surface area contributed by atoms with E-state index in [4.69, 9.17) is 9.47 Å². The lowest BCUT2D eigenvalue weighted by molar-refractivity contribution is 0.0953. The molecule has 2 rings (SSSR count). The summed E-state index contributed by atoms with van der Waals surface area (Å²) in [7, 11) is 1.55.